The highest BCUT2D eigenvalue weighted by Gasteiger charge is 1.99. The van der Waals surface area contributed by atoms with Gasteiger partial charge in [0, 0.05) is 6.42 Å². The Kier molecular flexibility index (Phi) is 16.0. The van der Waals surface area contributed by atoms with E-state index in [1.807, 2.05) is 18.2 Å². The van der Waals surface area contributed by atoms with Crippen molar-refractivity contribution in [3.05, 3.63) is 36.5 Å². The van der Waals surface area contributed by atoms with Gasteiger partial charge in [-0.3, -0.25) is 4.79 Å². The maximum absolute atomic E-state index is 10.4. The van der Waals surface area contributed by atoms with Crippen molar-refractivity contribution in [2.45, 2.75) is 83.7 Å². The van der Waals surface area contributed by atoms with Gasteiger partial charge in [0.15, 0.2) is 0 Å². The first-order valence-electron chi connectivity index (χ1n) is 9.05. The zero-order valence-corrected chi connectivity index (χ0v) is 14.6. The quantitative estimate of drug-likeness (QED) is 0.241. The fraction of sp³-hybridized carbons (Fsp3) is 0.650. The number of unbranched alkanes of at least 4 members (excludes halogenated alkanes) is 6. The number of carboxylic acids is 1. The summed E-state index contributed by atoms with van der Waals surface area (Å²) in [5.74, 6) is -0.726. The Morgan fingerprint density at radius 1 is 0.957 bits per heavy atom. The standard InChI is InChI=1S/C20H34O3/c1-2-3-4-5-6-7-8-9-10-13-16-19(21)17-14-11-12-15-18-20(22)23/h6-7,9-10,13,16,19,21H,2-5,8,11-12,14-15,17-18H2,1H3,(H,22,23)/t19-/m1/s1. The van der Waals surface area contributed by atoms with Gasteiger partial charge in [0.25, 0.3) is 0 Å². The van der Waals surface area contributed by atoms with Crippen LogP contribution >= 0.6 is 0 Å². The largest absolute Gasteiger partial charge is 0.481 e. The Balaban J connectivity index is 3.51. The number of aliphatic hydroxyl groups is 1. The van der Waals surface area contributed by atoms with Crippen LogP contribution in [0, 0.1) is 0 Å². The van der Waals surface area contributed by atoms with Crippen molar-refractivity contribution in [1.29, 1.82) is 0 Å². The fourth-order valence-electron chi connectivity index (χ4n) is 2.23. The summed E-state index contributed by atoms with van der Waals surface area (Å²) in [6.45, 7) is 2.21. The molecule has 0 aromatic heterocycles. The molecule has 0 amide bonds. The molecule has 2 N–H and O–H groups in total. The van der Waals surface area contributed by atoms with Crippen molar-refractivity contribution in [3.63, 3.8) is 0 Å². The number of hydrogen-bond donors (Lipinski definition) is 2. The van der Waals surface area contributed by atoms with Gasteiger partial charge < -0.3 is 10.2 Å². The summed E-state index contributed by atoms with van der Waals surface area (Å²) in [7, 11) is 0. The second-order valence-corrected chi connectivity index (χ2v) is 5.93. The molecule has 0 heterocycles. The minimum atomic E-state index is -0.726. The van der Waals surface area contributed by atoms with E-state index in [2.05, 4.69) is 25.2 Å². The molecule has 0 radical (unpaired) electrons. The SMILES string of the molecule is CCCCCC=CCC=CC=C[C@@H](O)CCCCCCC(=O)O. The van der Waals surface area contributed by atoms with Crippen molar-refractivity contribution in [1.82, 2.24) is 0 Å². The molecule has 132 valence electrons. The topological polar surface area (TPSA) is 57.5 Å². The second-order valence-electron chi connectivity index (χ2n) is 5.93. The van der Waals surface area contributed by atoms with Crippen molar-refractivity contribution < 1.29 is 15.0 Å². The smallest absolute Gasteiger partial charge is 0.303 e. The molecule has 1 atom stereocenters. The van der Waals surface area contributed by atoms with E-state index in [-0.39, 0.29) is 6.42 Å². The highest BCUT2D eigenvalue weighted by Crippen LogP contribution is 2.08. The molecule has 0 saturated carbocycles. The monoisotopic (exact) mass is 322 g/mol. The zero-order valence-electron chi connectivity index (χ0n) is 14.6. The summed E-state index contributed by atoms with van der Waals surface area (Å²) in [6, 6.07) is 0. The highest BCUT2D eigenvalue weighted by atomic mass is 16.4. The number of carboxylic acid groups (broad SMARTS) is 1. The van der Waals surface area contributed by atoms with Gasteiger partial charge in [-0.25, -0.2) is 0 Å². The molecule has 3 heteroatoms. The summed E-state index contributed by atoms with van der Waals surface area (Å²) < 4.78 is 0. The Morgan fingerprint density at radius 3 is 2.48 bits per heavy atom. The number of allylic oxidation sites excluding steroid dienone is 5. The average Bonchev–Trinajstić information content (AvgIpc) is 2.52. The molecule has 0 aliphatic rings. The molecule has 23 heavy (non-hydrogen) atoms. The van der Waals surface area contributed by atoms with Crippen LogP contribution in [0.15, 0.2) is 36.5 Å². The lowest BCUT2D eigenvalue weighted by Crippen LogP contribution is -2.01. The molecular weight excluding hydrogens is 288 g/mol. The predicted octanol–water partition coefficient (Wildman–Crippen LogP) is 5.41. The average molecular weight is 322 g/mol. The molecule has 0 bridgehead atoms. The third kappa shape index (κ3) is 18.6. The Hall–Kier alpha value is -1.35. The Bertz CT molecular complexity index is 356. The van der Waals surface area contributed by atoms with Crippen LogP contribution < -0.4 is 0 Å². The summed E-state index contributed by atoms with van der Waals surface area (Å²) >= 11 is 0. The number of aliphatic hydroxyl groups excluding tert-OH is 1. The molecule has 3 nitrogen and oxygen atoms in total. The van der Waals surface area contributed by atoms with Crippen LogP contribution in [-0.4, -0.2) is 22.3 Å². The molecular formula is C20H34O3. The van der Waals surface area contributed by atoms with Crippen LogP contribution in [0.2, 0.25) is 0 Å². The Labute approximate surface area is 141 Å². The van der Waals surface area contributed by atoms with Gasteiger partial charge in [0.2, 0.25) is 0 Å². The lowest BCUT2D eigenvalue weighted by molar-refractivity contribution is -0.137. The van der Waals surface area contributed by atoms with E-state index in [4.69, 9.17) is 5.11 Å². The third-order valence-electron chi connectivity index (χ3n) is 3.63. The van der Waals surface area contributed by atoms with E-state index in [1.54, 1.807) is 0 Å². The van der Waals surface area contributed by atoms with Crippen LogP contribution in [0.4, 0.5) is 0 Å². The summed E-state index contributed by atoms with van der Waals surface area (Å²) in [5, 5.41) is 18.3. The number of hydrogen-bond acceptors (Lipinski definition) is 2. The molecule has 0 aromatic carbocycles. The molecule has 0 rings (SSSR count). The first kappa shape index (κ1) is 21.6. The van der Waals surface area contributed by atoms with Crippen LogP contribution in [0.5, 0.6) is 0 Å². The Morgan fingerprint density at radius 2 is 1.74 bits per heavy atom. The first-order chi connectivity index (χ1) is 11.2. The fourth-order valence-corrected chi connectivity index (χ4v) is 2.23. The molecule has 0 aliphatic carbocycles. The van der Waals surface area contributed by atoms with E-state index in [9.17, 15) is 9.90 Å². The lowest BCUT2D eigenvalue weighted by Gasteiger charge is -2.04. The first-order valence-corrected chi connectivity index (χ1v) is 9.05. The van der Waals surface area contributed by atoms with Gasteiger partial charge in [-0.05, 0) is 32.1 Å². The van der Waals surface area contributed by atoms with Crippen LogP contribution in [0.25, 0.3) is 0 Å². The number of carbonyl (C=O) groups is 1. The second kappa shape index (κ2) is 17.0. The summed E-state index contributed by atoms with van der Waals surface area (Å²) in [4.78, 5) is 10.4. The van der Waals surface area contributed by atoms with E-state index in [0.717, 1.165) is 38.5 Å². The zero-order chi connectivity index (χ0) is 17.2. The van der Waals surface area contributed by atoms with Gasteiger partial charge in [-0.15, -0.1) is 0 Å². The number of rotatable bonds is 15. The highest BCUT2D eigenvalue weighted by molar-refractivity contribution is 5.66. The molecule has 0 unspecified atom stereocenters. The van der Waals surface area contributed by atoms with Crippen LogP contribution in [0.3, 0.4) is 0 Å². The maximum atomic E-state index is 10.4. The minimum Gasteiger partial charge on any atom is -0.481 e. The third-order valence-corrected chi connectivity index (χ3v) is 3.63. The maximum Gasteiger partial charge on any atom is 0.303 e. The van der Waals surface area contributed by atoms with E-state index >= 15 is 0 Å². The predicted molar refractivity (Wildman–Crippen MR) is 97.5 cm³/mol. The molecule has 0 fully saturated rings. The van der Waals surface area contributed by atoms with E-state index in [0.29, 0.717) is 0 Å². The van der Waals surface area contributed by atoms with Gasteiger partial charge in [-0.2, -0.15) is 0 Å². The van der Waals surface area contributed by atoms with Crippen molar-refractivity contribution in [3.8, 4) is 0 Å². The van der Waals surface area contributed by atoms with E-state index in [1.165, 1.54) is 25.7 Å². The summed E-state index contributed by atoms with van der Waals surface area (Å²) in [5.41, 5.74) is 0. The normalized spacial score (nSPS) is 13.5. The van der Waals surface area contributed by atoms with Crippen molar-refractivity contribution >= 4 is 5.97 Å². The van der Waals surface area contributed by atoms with Crippen LogP contribution in [-0.2, 0) is 4.79 Å². The molecule has 0 saturated heterocycles. The lowest BCUT2D eigenvalue weighted by atomic mass is 10.1. The molecule has 0 spiro atoms. The van der Waals surface area contributed by atoms with Gasteiger partial charge >= 0.3 is 5.97 Å². The van der Waals surface area contributed by atoms with Gasteiger partial charge in [0.1, 0.15) is 0 Å². The van der Waals surface area contributed by atoms with Gasteiger partial charge in [0.05, 0.1) is 6.10 Å². The number of aliphatic carboxylic acids is 1. The minimum absolute atomic E-state index is 0.250. The van der Waals surface area contributed by atoms with E-state index < -0.39 is 12.1 Å². The molecule has 0 aromatic rings. The van der Waals surface area contributed by atoms with Crippen molar-refractivity contribution in [2.75, 3.05) is 0 Å². The van der Waals surface area contributed by atoms with Crippen molar-refractivity contribution in [2.24, 2.45) is 0 Å². The molecule has 0 aliphatic heterocycles. The summed E-state index contributed by atoms with van der Waals surface area (Å²) in [6.07, 6.45) is 22.3. The van der Waals surface area contributed by atoms with Crippen LogP contribution in [0.1, 0.15) is 77.6 Å². The van der Waals surface area contributed by atoms with Gasteiger partial charge in [-0.1, -0.05) is 75.5 Å².